The normalized spacial score (nSPS) is 18.4. The van der Waals surface area contributed by atoms with E-state index in [1.807, 2.05) is 72.8 Å². The fraction of sp³-hybridized carbons (Fsp3) is 0.267. The lowest BCUT2D eigenvalue weighted by molar-refractivity contribution is -0.106. The standard InChI is InChI=1S/C30H29ClN2O3/c31-23-13-11-22(12-14-23)30(36)15-18-32(19-16-30)17-5-9-24-25-6-1-2-8-27(25)29(35)33(20-21-34)28-10-4-3-7-26(24)28/h1-4,6-14,21,36H,5,15-20H2. The summed E-state index contributed by atoms with van der Waals surface area (Å²) in [7, 11) is 0. The molecule has 0 atom stereocenters. The Morgan fingerprint density at radius 3 is 2.22 bits per heavy atom. The van der Waals surface area contributed by atoms with Crippen molar-refractivity contribution in [2.45, 2.75) is 24.9 Å². The van der Waals surface area contributed by atoms with Crippen LogP contribution in [-0.2, 0) is 10.4 Å². The Hall–Kier alpha value is -3.25. The van der Waals surface area contributed by atoms with Gasteiger partial charge in [-0.25, -0.2) is 0 Å². The van der Waals surface area contributed by atoms with Crippen LogP contribution in [0.5, 0.6) is 0 Å². The fourth-order valence-corrected chi connectivity index (χ4v) is 5.43. The SMILES string of the molecule is O=CCN1C(=O)c2ccccc2C(=CCCN2CCC(O)(c3ccc(Cl)cc3)CC2)c2ccccc21. The largest absolute Gasteiger partial charge is 0.385 e. The van der Waals surface area contributed by atoms with Gasteiger partial charge in [-0.3, -0.25) is 4.79 Å². The number of carbonyl (C=O) groups is 2. The molecule has 0 radical (unpaired) electrons. The molecule has 3 aromatic rings. The number of nitrogens with zero attached hydrogens (tertiary/aromatic N) is 2. The van der Waals surface area contributed by atoms with E-state index in [1.165, 1.54) is 0 Å². The average molecular weight is 501 g/mol. The first-order chi connectivity index (χ1) is 17.5. The third-order valence-electron chi connectivity index (χ3n) is 7.29. The van der Waals surface area contributed by atoms with Gasteiger partial charge in [0.05, 0.1) is 17.8 Å². The predicted octanol–water partition coefficient (Wildman–Crippen LogP) is 5.30. The molecule has 6 heteroatoms. The highest BCUT2D eigenvalue weighted by atomic mass is 35.5. The van der Waals surface area contributed by atoms with Crippen LogP contribution in [-0.4, -0.2) is 48.4 Å². The van der Waals surface area contributed by atoms with Crippen molar-refractivity contribution in [2.24, 2.45) is 0 Å². The van der Waals surface area contributed by atoms with Gasteiger partial charge in [-0.1, -0.05) is 66.2 Å². The number of fused-ring (bicyclic) bond motifs is 2. The van der Waals surface area contributed by atoms with Crippen LogP contribution in [0, 0.1) is 0 Å². The molecular weight excluding hydrogens is 472 g/mol. The van der Waals surface area contributed by atoms with Crippen LogP contribution in [0.2, 0.25) is 5.02 Å². The third-order valence-corrected chi connectivity index (χ3v) is 7.55. The van der Waals surface area contributed by atoms with Crippen molar-refractivity contribution in [1.82, 2.24) is 4.90 Å². The molecule has 0 saturated carbocycles. The quantitative estimate of drug-likeness (QED) is 0.466. The number of amides is 1. The lowest BCUT2D eigenvalue weighted by Gasteiger charge is -2.38. The summed E-state index contributed by atoms with van der Waals surface area (Å²) in [5, 5.41) is 11.9. The van der Waals surface area contributed by atoms with Gasteiger partial charge < -0.3 is 19.7 Å². The molecule has 36 heavy (non-hydrogen) atoms. The Kier molecular flexibility index (Phi) is 7.06. The summed E-state index contributed by atoms with van der Waals surface area (Å²) < 4.78 is 0. The molecule has 1 fully saturated rings. The molecule has 0 bridgehead atoms. The van der Waals surface area contributed by atoms with Crippen molar-refractivity contribution in [3.8, 4) is 0 Å². The van der Waals surface area contributed by atoms with Crippen LogP contribution in [0.4, 0.5) is 5.69 Å². The number of benzene rings is 3. The molecule has 1 saturated heterocycles. The van der Waals surface area contributed by atoms with Gasteiger partial charge in [-0.05, 0) is 60.2 Å². The van der Waals surface area contributed by atoms with E-state index in [2.05, 4.69) is 11.0 Å². The van der Waals surface area contributed by atoms with Gasteiger partial charge in [0.1, 0.15) is 6.29 Å². The number of rotatable bonds is 6. The van der Waals surface area contributed by atoms with Gasteiger partial charge >= 0.3 is 0 Å². The molecule has 184 valence electrons. The smallest absolute Gasteiger partial charge is 0.259 e. The molecule has 1 amide bonds. The maximum Gasteiger partial charge on any atom is 0.259 e. The summed E-state index contributed by atoms with van der Waals surface area (Å²) in [6.07, 6.45) is 5.13. The second kappa shape index (κ2) is 10.4. The van der Waals surface area contributed by atoms with Gasteiger partial charge in [0.2, 0.25) is 0 Å². The summed E-state index contributed by atoms with van der Waals surface area (Å²) >= 11 is 6.01. The third kappa shape index (κ3) is 4.74. The topological polar surface area (TPSA) is 60.9 Å². The lowest BCUT2D eigenvalue weighted by atomic mass is 9.84. The monoisotopic (exact) mass is 500 g/mol. The van der Waals surface area contributed by atoms with E-state index >= 15 is 0 Å². The van der Waals surface area contributed by atoms with Crippen molar-refractivity contribution in [3.63, 3.8) is 0 Å². The summed E-state index contributed by atoms with van der Waals surface area (Å²) in [4.78, 5) is 28.7. The fourth-order valence-electron chi connectivity index (χ4n) is 5.30. The summed E-state index contributed by atoms with van der Waals surface area (Å²) in [5.74, 6) is -0.161. The minimum absolute atomic E-state index is 0.0156. The number of para-hydroxylation sites is 1. The average Bonchev–Trinajstić information content (AvgIpc) is 3.00. The van der Waals surface area contributed by atoms with E-state index in [4.69, 9.17) is 11.6 Å². The summed E-state index contributed by atoms with van der Waals surface area (Å²) in [5.41, 5.74) is 4.31. The van der Waals surface area contributed by atoms with Gasteiger partial charge in [0.15, 0.2) is 0 Å². The number of piperidine rings is 1. The van der Waals surface area contributed by atoms with E-state index in [-0.39, 0.29) is 12.5 Å². The zero-order valence-corrected chi connectivity index (χ0v) is 20.8. The van der Waals surface area contributed by atoms with Crippen molar-refractivity contribution >= 4 is 35.1 Å². The van der Waals surface area contributed by atoms with Crippen molar-refractivity contribution in [1.29, 1.82) is 0 Å². The molecule has 5 nitrogen and oxygen atoms in total. The van der Waals surface area contributed by atoms with Crippen LogP contribution in [0.1, 0.15) is 46.3 Å². The van der Waals surface area contributed by atoms with Crippen LogP contribution in [0.3, 0.4) is 0 Å². The maximum atomic E-state index is 13.4. The highest BCUT2D eigenvalue weighted by Gasteiger charge is 2.34. The number of likely N-dealkylation sites (tertiary alicyclic amines) is 1. The van der Waals surface area contributed by atoms with Crippen LogP contribution < -0.4 is 4.90 Å². The molecule has 3 aromatic carbocycles. The molecule has 2 aliphatic rings. The molecule has 2 heterocycles. The minimum Gasteiger partial charge on any atom is -0.385 e. The van der Waals surface area contributed by atoms with E-state index in [0.717, 1.165) is 60.3 Å². The molecule has 0 aliphatic carbocycles. The molecule has 0 unspecified atom stereocenters. The number of hydrogen-bond acceptors (Lipinski definition) is 4. The molecule has 2 aliphatic heterocycles. The zero-order chi connectivity index (χ0) is 25.1. The van der Waals surface area contributed by atoms with Crippen molar-refractivity contribution in [2.75, 3.05) is 31.1 Å². The number of carbonyl (C=O) groups excluding carboxylic acids is 2. The van der Waals surface area contributed by atoms with E-state index < -0.39 is 5.60 Å². The van der Waals surface area contributed by atoms with Crippen LogP contribution >= 0.6 is 11.6 Å². The molecular formula is C30H29ClN2O3. The maximum absolute atomic E-state index is 13.4. The van der Waals surface area contributed by atoms with Gasteiger partial charge in [0, 0.05) is 35.8 Å². The van der Waals surface area contributed by atoms with E-state index in [9.17, 15) is 14.7 Å². The highest BCUT2D eigenvalue weighted by Crippen LogP contribution is 2.38. The number of aldehydes is 1. The second-order valence-electron chi connectivity index (χ2n) is 9.43. The Labute approximate surface area is 216 Å². The predicted molar refractivity (Wildman–Crippen MR) is 143 cm³/mol. The summed E-state index contributed by atoms with van der Waals surface area (Å²) in [6.45, 7) is 2.49. The van der Waals surface area contributed by atoms with E-state index in [0.29, 0.717) is 23.4 Å². The Balaban J connectivity index is 1.36. The molecule has 0 aromatic heterocycles. The number of aliphatic hydroxyl groups is 1. The van der Waals surface area contributed by atoms with Crippen LogP contribution in [0.15, 0.2) is 78.9 Å². The Bertz CT molecular complexity index is 1290. The first-order valence-corrected chi connectivity index (χ1v) is 12.7. The first kappa shape index (κ1) is 24.4. The van der Waals surface area contributed by atoms with Crippen molar-refractivity contribution in [3.05, 3.63) is 106 Å². The second-order valence-corrected chi connectivity index (χ2v) is 9.87. The summed E-state index contributed by atoms with van der Waals surface area (Å²) in [6, 6.07) is 22.9. The molecule has 1 N–H and O–H groups in total. The first-order valence-electron chi connectivity index (χ1n) is 12.4. The van der Waals surface area contributed by atoms with Gasteiger partial charge in [-0.15, -0.1) is 0 Å². The molecule has 0 spiro atoms. The number of halogens is 1. The number of anilines is 1. The zero-order valence-electron chi connectivity index (χ0n) is 20.1. The Morgan fingerprint density at radius 1 is 0.889 bits per heavy atom. The minimum atomic E-state index is -0.818. The van der Waals surface area contributed by atoms with Crippen molar-refractivity contribution < 1.29 is 14.7 Å². The van der Waals surface area contributed by atoms with Crippen LogP contribution in [0.25, 0.3) is 5.57 Å². The molecule has 5 rings (SSSR count). The number of hydrogen-bond donors (Lipinski definition) is 1. The van der Waals surface area contributed by atoms with Gasteiger partial charge in [0.25, 0.3) is 5.91 Å². The van der Waals surface area contributed by atoms with Gasteiger partial charge in [-0.2, -0.15) is 0 Å². The van der Waals surface area contributed by atoms with E-state index in [1.54, 1.807) is 4.90 Å². The highest BCUT2D eigenvalue weighted by molar-refractivity contribution is 6.30. The Morgan fingerprint density at radius 2 is 1.53 bits per heavy atom. The lowest BCUT2D eigenvalue weighted by Crippen LogP contribution is -2.42.